The fourth-order valence-corrected chi connectivity index (χ4v) is 3.69. The van der Waals surface area contributed by atoms with E-state index in [0.717, 1.165) is 10.5 Å². The van der Waals surface area contributed by atoms with Crippen LogP contribution in [0.4, 0.5) is 17.1 Å². The Labute approximate surface area is 186 Å². The van der Waals surface area contributed by atoms with Gasteiger partial charge in [-0.2, -0.15) is 0 Å². The average molecular weight is 457 g/mol. The van der Waals surface area contributed by atoms with E-state index in [9.17, 15) is 25.0 Å². The minimum Gasteiger partial charge on any atom is -0.475 e. The van der Waals surface area contributed by atoms with Crippen molar-refractivity contribution in [2.75, 3.05) is 12.4 Å². The highest BCUT2D eigenvalue weighted by molar-refractivity contribution is 7.99. The van der Waals surface area contributed by atoms with Crippen molar-refractivity contribution in [3.05, 3.63) is 74.5 Å². The zero-order chi connectivity index (χ0) is 23.3. The van der Waals surface area contributed by atoms with E-state index < -0.39 is 15.8 Å². The van der Waals surface area contributed by atoms with Crippen molar-refractivity contribution in [1.82, 2.24) is 9.78 Å². The fraction of sp³-hybridized carbons (Fsp3) is 0.200. The molecule has 0 saturated carbocycles. The Morgan fingerprint density at radius 1 is 1.12 bits per heavy atom. The van der Waals surface area contributed by atoms with Gasteiger partial charge in [0.2, 0.25) is 5.91 Å². The number of carbonyl (C=O) groups excluding carboxylic acids is 1. The zero-order valence-corrected chi connectivity index (χ0v) is 18.0. The van der Waals surface area contributed by atoms with Crippen LogP contribution in [0.5, 0.6) is 5.88 Å². The van der Waals surface area contributed by atoms with Crippen molar-refractivity contribution >= 4 is 34.7 Å². The number of rotatable bonds is 9. The van der Waals surface area contributed by atoms with Crippen LogP contribution in [0.1, 0.15) is 12.0 Å². The van der Waals surface area contributed by atoms with Gasteiger partial charge in [0.15, 0.2) is 0 Å². The molecule has 1 aromatic heterocycles. The lowest BCUT2D eigenvalue weighted by Gasteiger charge is -2.08. The topological polar surface area (TPSA) is 142 Å². The highest BCUT2D eigenvalue weighted by Gasteiger charge is 2.20. The van der Waals surface area contributed by atoms with E-state index in [1.54, 1.807) is 6.07 Å². The number of hydrogen-bond acceptors (Lipinski definition) is 8. The molecule has 12 heteroatoms. The molecule has 1 heterocycles. The Kier molecular flexibility index (Phi) is 7.05. The molecule has 32 heavy (non-hydrogen) atoms. The quantitative estimate of drug-likeness (QED) is 0.372. The van der Waals surface area contributed by atoms with Gasteiger partial charge in [0, 0.05) is 34.0 Å². The third kappa shape index (κ3) is 5.82. The summed E-state index contributed by atoms with van der Waals surface area (Å²) in [6.07, 6.45) is 1.13. The highest BCUT2D eigenvalue weighted by atomic mass is 32.2. The second-order valence-electron chi connectivity index (χ2n) is 6.73. The number of ether oxygens (including phenoxy) is 1. The number of amides is 1. The van der Waals surface area contributed by atoms with Crippen LogP contribution >= 0.6 is 11.8 Å². The summed E-state index contributed by atoms with van der Waals surface area (Å²) >= 11 is 1.34. The molecule has 0 fully saturated rings. The van der Waals surface area contributed by atoms with Crippen LogP contribution in [0.3, 0.4) is 0 Å². The van der Waals surface area contributed by atoms with Crippen molar-refractivity contribution in [2.24, 2.45) is 0 Å². The molecule has 0 aliphatic heterocycles. The predicted molar refractivity (Wildman–Crippen MR) is 117 cm³/mol. The first-order chi connectivity index (χ1) is 15.2. The second-order valence-corrected chi connectivity index (χ2v) is 7.88. The summed E-state index contributed by atoms with van der Waals surface area (Å²) < 4.78 is 6.09. The lowest BCUT2D eigenvalue weighted by Crippen LogP contribution is -2.15. The Balaban J connectivity index is 1.70. The molecular weight excluding hydrogens is 438 g/mol. The van der Waals surface area contributed by atoms with Crippen LogP contribution < -0.4 is 10.1 Å². The normalized spacial score (nSPS) is 10.6. The van der Waals surface area contributed by atoms with Gasteiger partial charge < -0.3 is 10.1 Å². The molecule has 1 amide bonds. The van der Waals surface area contributed by atoms with E-state index in [1.807, 2.05) is 31.2 Å². The number of benzene rings is 2. The maximum atomic E-state index is 12.4. The maximum Gasteiger partial charge on any atom is 0.350 e. The fourth-order valence-electron chi connectivity index (χ4n) is 2.78. The standard InChI is InChI=1S/C20H19N5O6S/c1-13-3-5-16(6-4-13)32-17-10-14(9-15(11-17)24(27)28)21-19(26)7-8-23-12-18(25(29)30)20(22-23)31-2/h3-6,9-12H,7-8H2,1-2H3,(H,21,26). The third-order valence-corrected chi connectivity index (χ3v) is 5.29. The van der Waals surface area contributed by atoms with Crippen LogP contribution in [-0.2, 0) is 11.3 Å². The minimum absolute atomic E-state index is 0.0505. The summed E-state index contributed by atoms with van der Waals surface area (Å²) in [7, 11) is 1.26. The summed E-state index contributed by atoms with van der Waals surface area (Å²) in [5.41, 5.74) is 0.929. The Hall–Kier alpha value is -3.93. The maximum absolute atomic E-state index is 12.4. The van der Waals surface area contributed by atoms with Crippen molar-refractivity contribution in [1.29, 1.82) is 0 Å². The minimum atomic E-state index is -0.626. The lowest BCUT2D eigenvalue weighted by atomic mass is 10.2. The zero-order valence-electron chi connectivity index (χ0n) is 17.2. The van der Waals surface area contributed by atoms with Gasteiger partial charge in [0.05, 0.1) is 23.5 Å². The number of anilines is 1. The van der Waals surface area contributed by atoms with Gasteiger partial charge >= 0.3 is 11.6 Å². The number of nitro groups is 2. The number of carbonyl (C=O) groups is 1. The molecule has 0 spiro atoms. The molecule has 3 rings (SSSR count). The molecular formula is C20H19N5O6S. The Morgan fingerprint density at radius 2 is 1.84 bits per heavy atom. The van der Waals surface area contributed by atoms with Gasteiger partial charge in [-0.25, -0.2) is 0 Å². The smallest absolute Gasteiger partial charge is 0.350 e. The number of aryl methyl sites for hydroxylation is 2. The Bertz CT molecular complexity index is 1160. The SMILES string of the molecule is COc1nn(CCC(=O)Nc2cc(Sc3ccc(C)cc3)cc([N+](=O)[O-])c2)cc1[N+](=O)[O-]. The Morgan fingerprint density at radius 3 is 2.44 bits per heavy atom. The van der Waals surface area contributed by atoms with Gasteiger partial charge in [-0.15, -0.1) is 5.10 Å². The van der Waals surface area contributed by atoms with E-state index in [2.05, 4.69) is 10.4 Å². The highest BCUT2D eigenvalue weighted by Crippen LogP contribution is 2.33. The molecule has 2 aromatic carbocycles. The molecule has 0 aliphatic carbocycles. The van der Waals surface area contributed by atoms with Gasteiger partial charge in [-0.05, 0) is 25.1 Å². The number of methoxy groups -OCH3 is 1. The number of hydrogen-bond donors (Lipinski definition) is 1. The van der Waals surface area contributed by atoms with Crippen LogP contribution in [0.15, 0.2) is 58.5 Å². The third-order valence-electron chi connectivity index (χ3n) is 4.31. The number of nitrogens with zero attached hydrogens (tertiary/aromatic N) is 4. The molecule has 3 aromatic rings. The molecule has 0 saturated heterocycles. The van der Waals surface area contributed by atoms with Gasteiger partial charge in [0.25, 0.3) is 5.69 Å². The molecule has 0 bridgehead atoms. The van der Waals surface area contributed by atoms with Crippen molar-refractivity contribution in [3.63, 3.8) is 0 Å². The largest absolute Gasteiger partial charge is 0.475 e. The molecule has 11 nitrogen and oxygen atoms in total. The summed E-state index contributed by atoms with van der Waals surface area (Å²) in [6.45, 7) is 2.03. The van der Waals surface area contributed by atoms with Crippen molar-refractivity contribution in [2.45, 2.75) is 29.7 Å². The first kappa shape index (κ1) is 22.7. The van der Waals surface area contributed by atoms with Crippen molar-refractivity contribution < 1.29 is 19.4 Å². The summed E-state index contributed by atoms with van der Waals surface area (Å²) in [5.74, 6) is -0.569. The van der Waals surface area contributed by atoms with Crippen molar-refractivity contribution in [3.8, 4) is 5.88 Å². The second kappa shape index (κ2) is 9.92. The predicted octanol–water partition coefficient (Wildman–Crippen LogP) is 4.20. The van der Waals surface area contributed by atoms with Crippen LogP contribution in [0.25, 0.3) is 0 Å². The average Bonchev–Trinajstić information content (AvgIpc) is 3.17. The van der Waals surface area contributed by atoms with E-state index >= 15 is 0 Å². The first-order valence-electron chi connectivity index (χ1n) is 9.35. The van der Waals surface area contributed by atoms with E-state index in [0.29, 0.717) is 4.90 Å². The monoisotopic (exact) mass is 457 g/mol. The van der Waals surface area contributed by atoms with Crippen LogP contribution in [0.2, 0.25) is 0 Å². The molecule has 0 radical (unpaired) electrons. The number of non-ortho nitro benzene ring substituents is 1. The van der Waals surface area contributed by atoms with E-state index in [4.69, 9.17) is 4.74 Å². The van der Waals surface area contributed by atoms with E-state index in [-0.39, 0.29) is 35.9 Å². The summed E-state index contributed by atoms with van der Waals surface area (Å²) in [6, 6.07) is 12.1. The summed E-state index contributed by atoms with van der Waals surface area (Å²) in [5, 5.41) is 28.8. The number of nitro benzene ring substituents is 1. The van der Waals surface area contributed by atoms with Gasteiger partial charge in [-0.1, -0.05) is 29.5 Å². The molecule has 0 aliphatic rings. The van der Waals surface area contributed by atoms with Crippen LogP contribution in [0, 0.1) is 27.2 Å². The van der Waals surface area contributed by atoms with Gasteiger partial charge in [0.1, 0.15) is 6.20 Å². The molecule has 166 valence electrons. The van der Waals surface area contributed by atoms with E-state index in [1.165, 1.54) is 41.9 Å². The number of nitrogens with one attached hydrogen (secondary N) is 1. The molecule has 1 N–H and O–H groups in total. The van der Waals surface area contributed by atoms with Gasteiger partial charge in [-0.3, -0.25) is 29.7 Å². The molecule has 0 atom stereocenters. The summed E-state index contributed by atoms with van der Waals surface area (Å²) in [4.78, 5) is 35.0. The number of aromatic nitrogens is 2. The molecule has 0 unspecified atom stereocenters. The first-order valence-corrected chi connectivity index (χ1v) is 10.2. The van der Waals surface area contributed by atoms with Crippen LogP contribution in [-0.4, -0.2) is 32.6 Å². The lowest BCUT2D eigenvalue weighted by molar-refractivity contribution is -0.385.